The first kappa shape index (κ1) is 12.6. The van der Waals surface area contributed by atoms with E-state index in [0.717, 1.165) is 5.56 Å². The van der Waals surface area contributed by atoms with Crippen molar-refractivity contribution in [3.63, 3.8) is 0 Å². The minimum absolute atomic E-state index is 0.325. The average molecular weight is 222 g/mol. The van der Waals surface area contributed by atoms with Gasteiger partial charge in [0.15, 0.2) is 0 Å². The van der Waals surface area contributed by atoms with Gasteiger partial charge in [0.25, 0.3) is 0 Å². The fourth-order valence-electron chi connectivity index (χ4n) is 1.40. The van der Waals surface area contributed by atoms with E-state index < -0.39 is 0 Å². The lowest BCUT2D eigenvalue weighted by Gasteiger charge is -2.11. The summed E-state index contributed by atoms with van der Waals surface area (Å²) in [5, 5.41) is 0. The summed E-state index contributed by atoms with van der Waals surface area (Å²) >= 11 is 0. The molecule has 88 valence electrons. The van der Waals surface area contributed by atoms with Crippen LogP contribution in [-0.2, 0) is 4.74 Å². The average Bonchev–Trinajstić information content (AvgIpc) is 2.25. The summed E-state index contributed by atoms with van der Waals surface area (Å²) in [7, 11) is 1.56. The zero-order chi connectivity index (χ0) is 12.1. The van der Waals surface area contributed by atoms with Gasteiger partial charge in [0.2, 0.25) is 0 Å². The molecule has 0 fully saturated rings. The number of aryl methyl sites for hydroxylation is 1. The minimum Gasteiger partial charge on any atom is -0.496 e. The maximum Gasteiger partial charge on any atom is 0.341 e. The molecule has 0 unspecified atom stereocenters. The van der Waals surface area contributed by atoms with Crippen molar-refractivity contribution in [1.82, 2.24) is 0 Å². The van der Waals surface area contributed by atoms with Crippen LogP contribution in [0.3, 0.4) is 0 Å². The van der Waals surface area contributed by atoms with Crippen LogP contribution >= 0.6 is 0 Å². The number of rotatable bonds is 4. The van der Waals surface area contributed by atoms with Gasteiger partial charge in [0, 0.05) is 0 Å². The van der Waals surface area contributed by atoms with Crippen molar-refractivity contribution in [3.8, 4) is 5.75 Å². The maximum atomic E-state index is 11.8. The van der Waals surface area contributed by atoms with E-state index in [1.165, 1.54) is 0 Å². The topological polar surface area (TPSA) is 35.5 Å². The molecule has 0 spiro atoms. The fourth-order valence-corrected chi connectivity index (χ4v) is 1.40. The Morgan fingerprint density at radius 3 is 2.62 bits per heavy atom. The first-order valence-corrected chi connectivity index (χ1v) is 5.37. The van der Waals surface area contributed by atoms with E-state index in [4.69, 9.17) is 9.47 Å². The molecule has 0 saturated carbocycles. The zero-order valence-corrected chi connectivity index (χ0v) is 10.2. The van der Waals surface area contributed by atoms with Crippen LogP contribution in [0.25, 0.3) is 0 Å². The van der Waals surface area contributed by atoms with E-state index in [1.54, 1.807) is 13.2 Å². The normalized spacial score (nSPS) is 10.3. The lowest BCUT2D eigenvalue weighted by Crippen LogP contribution is -2.11. The molecule has 0 heterocycles. The van der Waals surface area contributed by atoms with Crippen LogP contribution in [0.5, 0.6) is 5.75 Å². The monoisotopic (exact) mass is 222 g/mol. The first-order chi connectivity index (χ1) is 7.56. The van der Waals surface area contributed by atoms with Crippen LogP contribution in [0, 0.1) is 12.8 Å². The van der Waals surface area contributed by atoms with Gasteiger partial charge in [-0.25, -0.2) is 4.79 Å². The van der Waals surface area contributed by atoms with Crippen molar-refractivity contribution in [2.75, 3.05) is 13.7 Å². The molecule has 1 rings (SSSR count). The molecule has 0 amide bonds. The Bertz CT molecular complexity index is 369. The van der Waals surface area contributed by atoms with E-state index in [2.05, 4.69) is 0 Å². The van der Waals surface area contributed by atoms with Crippen LogP contribution in [-0.4, -0.2) is 19.7 Å². The number of carbonyl (C=O) groups is 1. The van der Waals surface area contributed by atoms with Crippen molar-refractivity contribution in [3.05, 3.63) is 29.3 Å². The van der Waals surface area contributed by atoms with E-state index in [9.17, 15) is 4.79 Å². The predicted octanol–water partition coefficient (Wildman–Crippen LogP) is 2.82. The largest absolute Gasteiger partial charge is 0.496 e. The Morgan fingerprint density at radius 2 is 2.06 bits per heavy atom. The molecule has 0 aliphatic heterocycles. The molecule has 1 aromatic carbocycles. The standard InChI is InChI=1S/C13H18O3/c1-9(2)8-16-13(14)11-7-5-6-10(3)12(11)15-4/h5-7,9H,8H2,1-4H3. The van der Waals surface area contributed by atoms with Crippen molar-refractivity contribution in [2.45, 2.75) is 20.8 Å². The SMILES string of the molecule is COc1c(C)cccc1C(=O)OCC(C)C. The molecule has 0 saturated heterocycles. The van der Waals surface area contributed by atoms with Gasteiger partial charge in [-0.2, -0.15) is 0 Å². The summed E-state index contributed by atoms with van der Waals surface area (Å²) < 4.78 is 10.4. The second kappa shape index (κ2) is 5.54. The number of hydrogen-bond donors (Lipinski definition) is 0. The first-order valence-electron chi connectivity index (χ1n) is 5.37. The molecule has 0 atom stereocenters. The van der Waals surface area contributed by atoms with Crippen LogP contribution in [0.4, 0.5) is 0 Å². The van der Waals surface area contributed by atoms with Gasteiger partial charge in [0.1, 0.15) is 11.3 Å². The van der Waals surface area contributed by atoms with E-state index in [-0.39, 0.29) is 5.97 Å². The molecule has 0 radical (unpaired) electrons. The van der Waals surface area contributed by atoms with Gasteiger partial charge < -0.3 is 9.47 Å². The summed E-state index contributed by atoms with van der Waals surface area (Å²) in [5.41, 5.74) is 1.42. The van der Waals surface area contributed by atoms with Crippen molar-refractivity contribution in [2.24, 2.45) is 5.92 Å². The minimum atomic E-state index is -0.325. The smallest absolute Gasteiger partial charge is 0.341 e. The second-order valence-corrected chi connectivity index (χ2v) is 4.15. The highest BCUT2D eigenvalue weighted by molar-refractivity contribution is 5.93. The maximum absolute atomic E-state index is 11.8. The summed E-state index contributed by atoms with van der Waals surface area (Å²) in [6.45, 7) is 6.33. The fraction of sp³-hybridized carbons (Fsp3) is 0.462. The van der Waals surface area contributed by atoms with E-state index in [0.29, 0.717) is 23.8 Å². The summed E-state index contributed by atoms with van der Waals surface area (Å²) in [5.74, 6) is 0.602. The molecule has 1 aromatic rings. The Hall–Kier alpha value is -1.51. The number of ether oxygens (including phenoxy) is 2. The van der Waals surface area contributed by atoms with Gasteiger partial charge in [0.05, 0.1) is 13.7 Å². The predicted molar refractivity (Wildman–Crippen MR) is 62.9 cm³/mol. The Labute approximate surface area is 96.4 Å². The van der Waals surface area contributed by atoms with Crippen molar-refractivity contribution < 1.29 is 14.3 Å². The van der Waals surface area contributed by atoms with Gasteiger partial charge in [-0.15, -0.1) is 0 Å². The van der Waals surface area contributed by atoms with Crippen LogP contribution in [0.15, 0.2) is 18.2 Å². The van der Waals surface area contributed by atoms with Crippen molar-refractivity contribution >= 4 is 5.97 Å². The lowest BCUT2D eigenvalue weighted by molar-refractivity contribution is 0.0455. The Kier molecular flexibility index (Phi) is 4.35. The Morgan fingerprint density at radius 1 is 1.38 bits per heavy atom. The van der Waals surface area contributed by atoms with Gasteiger partial charge in [-0.3, -0.25) is 0 Å². The number of methoxy groups -OCH3 is 1. The second-order valence-electron chi connectivity index (χ2n) is 4.15. The Balaban J connectivity index is 2.86. The molecule has 0 bridgehead atoms. The van der Waals surface area contributed by atoms with Crippen LogP contribution in [0.1, 0.15) is 29.8 Å². The molecule has 0 aromatic heterocycles. The van der Waals surface area contributed by atoms with Crippen LogP contribution in [0.2, 0.25) is 0 Å². The number of carbonyl (C=O) groups excluding carboxylic acids is 1. The van der Waals surface area contributed by atoms with Gasteiger partial charge >= 0.3 is 5.97 Å². The molecule has 0 aliphatic carbocycles. The molecule has 3 nitrogen and oxygen atoms in total. The summed E-state index contributed by atoms with van der Waals surface area (Å²) in [6.07, 6.45) is 0. The highest BCUT2D eigenvalue weighted by Gasteiger charge is 2.15. The third-order valence-corrected chi connectivity index (χ3v) is 2.18. The van der Waals surface area contributed by atoms with Crippen molar-refractivity contribution in [1.29, 1.82) is 0 Å². The molecule has 16 heavy (non-hydrogen) atoms. The van der Waals surface area contributed by atoms with Gasteiger partial charge in [-0.05, 0) is 24.5 Å². The lowest BCUT2D eigenvalue weighted by atomic mass is 10.1. The molecule has 3 heteroatoms. The highest BCUT2D eigenvalue weighted by atomic mass is 16.5. The van der Waals surface area contributed by atoms with E-state index >= 15 is 0 Å². The number of hydrogen-bond acceptors (Lipinski definition) is 3. The number of benzene rings is 1. The third kappa shape index (κ3) is 2.99. The number of esters is 1. The summed E-state index contributed by atoms with van der Waals surface area (Å²) in [6, 6.07) is 5.44. The quantitative estimate of drug-likeness (QED) is 0.735. The van der Waals surface area contributed by atoms with Crippen LogP contribution < -0.4 is 4.74 Å². The summed E-state index contributed by atoms with van der Waals surface area (Å²) in [4.78, 5) is 11.8. The molecular formula is C13H18O3. The third-order valence-electron chi connectivity index (χ3n) is 2.18. The molecular weight excluding hydrogens is 204 g/mol. The van der Waals surface area contributed by atoms with Gasteiger partial charge in [-0.1, -0.05) is 26.0 Å². The van der Waals surface area contributed by atoms with E-state index in [1.807, 2.05) is 32.9 Å². The molecule has 0 N–H and O–H groups in total. The molecule has 0 aliphatic rings. The number of para-hydroxylation sites is 1. The highest BCUT2D eigenvalue weighted by Crippen LogP contribution is 2.23. The zero-order valence-electron chi connectivity index (χ0n) is 10.2.